The molecule has 1 amide bonds. The number of rotatable bonds is 10. The molecule has 0 heterocycles. The number of hydrogen-bond donors (Lipinski definition) is 2. The Morgan fingerprint density at radius 3 is 2.05 bits per heavy atom. The Bertz CT molecular complexity index is 1510. The Balaban J connectivity index is 1.58. The molecule has 0 aliphatic rings. The fourth-order valence-corrected chi connectivity index (χ4v) is 5.75. The standard InChI is InChI=1S/C26H30ClN3O5S2/c1-18-8-12-23(16-20(18)3)30(36(4,32)33)15-5-6-26(31)28-21-10-13-24(14-11-21)37(34,35)29-22-9-7-19(2)25(27)17-22/h7-14,16-17,29H,5-6,15H2,1-4H3,(H,28,31). The highest BCUT2D eigenvalue weighted by Gasteiger charge is 2.19. The number of aryl methyl sites for hydroxylation is 3. The number of carbonyl (C=O) groups excluding carboxylic acids is 1. The van der Waals surface area contributed by atoms with E-state index in [1.54, 1.807) is 18.2 Å². The van der Waals surface area contributed by atoms with Crippen LogP contribution >= 0.6 is 11.6 Å². The number of nitrogens with zero attached hydrogens (tertiary/aromatic N) is 1. The molecule has 37 heavy (non-hydrogen) atoms. The minimum absolute atomic E-state index is 0.0272. The third-order valence-electron chi connectivity index (χ3n) is 5.82. The predicted molar refractivity (Wildman–Crippen MR) is 149 cm³/mol. The van der Waals surface area contributed by atoms with Gasteiger partial charge in [-0.15, -0.1) is 0 Å². The van der Waals surface area contributed by atoms with Crippen molar-refractivity contribution in [3.05, 3.63) is 82.4 Å². The lowest BCUT2D eigenvalue weighted by Gasteiger charge is -2.23. The lowest BCUT2D eigenvalue weighted by Crippen LogP contribution is -2.31. The third-order valence-corrected chi connectivity index (χ3v) is 8.81. The number of sulfonamides is 2. The lowest BCUT2D eigenvalue weighted by atomic mass is 10.1. The predicted octanol–water partition coefficient (Wildman–Crippen LogP) is 5.25. The minimum atomic E-state index is -3.84. The fourth-order valence-electron chi connectivity index (χ4n) is 3.56. The molecule has 0 saturated carbocycles. The average molecular weight is 564 g/mol. The molecule has 11 heteroatoms. The van der Waals surface area contributed by atoms with E-state index in [2.05, 4.69) is 10.0 Å². The van der Waals surface area contributed by atoms with E-state index in [0.717, 1.165) is 22.9 Å². The van der Waals surface area contributed by atoms with Gasteiger partial charge in [0.1, 0.15) is 0 Å². The summed E-state index contributed by atoms with van der Waals surface area (Å²) < 4.78 is 53.8. The molecule has 0 spiro atoms. The normalized spacial score (nSPS) is 11.7. The molecular formula is C26H30ClN3O5S2. The van der Waals surface area contributed by atoms with Crippen molar-refractivity contribution < 1.29 is 21.6 Å². The monoisotopic (exact) mass is 563 g/mol. The van der Waals surface area contributed by atoms with Gasteiger partial charge in [0.15, 0.2) is 0 Å². The molecule has 0 aromatic heterocycles. The number of halogens is 1. The Labute approximate surface area is 223 Å². The Morgan fingerprint density at radius 2 is 1.46 bits per heavy atom. The van der Waals surface area contributed by atoms with Gasteiger partial charge in [0.05, 0.1) is 22.5 Å². The second-order valence-corrected chi connectivity index (χ2v) is 12.8. The van der Waals surface area contributed by atoms with E-state index in [-0.39, 0.29) is 23.8 Å². The molecule has 198 valence electrons. The highest BCUT2D eigenvalue weighted by atomic mass is 35.5. The molecule has 2 N–H and O–H groups in total. The van der Waals surface area contributed by atoms with Crippen LogP contribution in [0.4, 0.5) is 17.1 Å². The van der Waals surface area contributed by atoms with Crippen LogP contribution in [0, 0.1) is 20.8 Å². The Hall–Kier alpha value is -3.08. The molecule has 0 aliphatic carbocycles. The van der Waals surface area contributed by atoms with Crippen LogP contribution in [0.5, 0.6) is 0 Å². The van der Waals surface area contributed by atoms with Crippen molar-refractivity contribution in [1.29, 1.82) is 0 Å². The van der Waals surface area contributed by atoms with Crippen LogP contribution in [0.15, 0.2) is 65.6 Å². The largest absolute Gasteiger partial charge is 0.326 e. The first kappa shape index (κ1) is 28.5. The van der Waals surface area contributed by atoms with E-state index in [0.29, 0.717) is 28.5 Å². The highest BCUT2D eigenvalue weighted by molar-refractivity contribution is 7.92. The zero-order valence-electron chi connectivity index (χ0n) is 21.1. The summed E-state index contributed by atoms with van der Waals surface area (Å²) in [5, 5.41) is 3.16. The van der Waals surface area contributed by atoms with Crippen molar-refractivity contribution in [1.82, 2.24) is 0 Å². The molecule has 3 aromatic rings. The molecule has 0 radical (unpaired) electrons. The highest BCUT2D eigenvalue weighted by Crippen LogP contribution is 2.24. The average Bonchev–Trinajstić information content (AvgIpc) is 2.80. The summed E-state index contributed by atoms with van der Waals surface area (Å²) in [6.45, 7) is 5.84. The summed E-state index contributed by atoms with van der Waals surface area (Å²) >= 11 is 6.07. The number of amides is 1. The van der Waals surface area contributed by atoms with Gasteiger partial charge in [-0.2, -0.15) is 0 Å². The van der Waals surface area contributed by atoms with Crippen LogP contribution in [0.3, 0.4) is 0 Å². The topological polar surface area (TPSA) is 113 Å². The van der Waals surface area contributed by atoms with Gasteiger partial charge in [-0.1, -0.05) is 23.7 Å². The van der Waals surface area contributed by atoms with E-state index in [4.69, 9.17) is 11.6 Å². The summed E-state index contributed by atoms with van der Waals surface area (Å²) in [5.74, 6) is -0.309. The maximum absolute atomic E-state index is 12.7. The number of nitrogens with one attached hydrogen (secondary N) is 2. The first-order valence-corrected chi connectivity index (χ1v) is 15.2. The summed E-state index contributed by atoms with van der Waals surface area (Å²) in [6, 6.07) is 16.1. The zero-order chi connectivity index (χ0) is 27.4. The summed E-state index contributed by atoms with van der Waals surface area (Å²) in [5.41, 5.74) is 4.20. The summed E-state index contributed by atoms with van der Waals surface area (Å²) in [6.07, 6.45) is 1.54. The first-order valence-electron chi connectivity index (χ1n) is 11.5. The van der Waals surface area contributed by atoms with Crippen LogP contribution in [0.25, 0.3) is 0 Å². The second kappa shape index (κ2) is 11.5. The molecule has 0 bridgehead atoms. The number of anilines is 3. The smallest absolute Gasteiger partial charge is 0.261 e. The van der Waals surface area contributed by atoms with Crippen LogP contribution in [-0.4, -0.2) is 35.5 Å². The summed E-state index contributed by atoms with van der Waals surface area (Å²) in [4.78, 5) is 12.5. The molecule has 0 aliphatic heterocycles. The van der Waals surface area contributed by atoms with Gasteiger partial charge in [-0.05, 0) is 92.4 Å². The van der Waals surface area contributed by atoms with Crippen LogP contribution < -0.4 is 14.3 Å². The maximum Gasteiger partial charge on any atom is 0.261 e. The minimum Gasteiger partial charge on any atom is -0.326 e. The van der Waals surface area contributed by atoms with E-state index in [1.165, 1.54) is 34.6 Å². The van der Waals surface area contributed by atoms with Crippen molar-refractivity contribution in [3.8, 4) is 0 Å². The van der Waals surface area contributed by atoms with Crippen molar-refractivity contribution in [2.75, 3.05) is 27.1 Å². The van der Waals surface area contributed by atoms with E-state index >= 15 is 0 Å². The third kappa shape index (κ3) is 7.70. The van der Waals surface area contributed by atoms with Crippen molar-refractivity contribution in [2.45, 2.75) is 38.5 Å². The second-order valence-electron chi connectivity index (χ2n) is 8.85. The van der Waals surface area contributed by atoms with Gasteiger partial charge in [0, 0.05) is 23.7 Å². The van der Waals surface area contributed by atoms with Gasteiger partial charge < -0.3 is 5.32 Å². The molecule has 3 aromatic carbocycles. The molecule has 0 unspecified atom stereocenters. The number of carbonyl (C=O) groups is 1. The summed E-state index contributed by atoms with van der Waals surface area (Å²) in [7, 11) is -7.36. The lowest BCUT2D eigenvalue weighted by molar-refractivity contribution is -0.116. The van der Waals surface area contributed by atoms with Gasteiger partial charge >= 0.3 is 0 Å². The van der Waals surface area contributed by atoms with Crippen molar-refractivity contribution in [3.63, 3.8) is 0 Å². The van der Waals surface area contributed by atoms with Gasteiger partial charge in [0.2, 0.25) is 15.9 Å². The van der Waals surface area contributed by atoms with Crippen LogP contribution in [-0.2, 0) is 24.8 Å². The van der Waals surface area contributed by atoms with E-state index in [1.807, 2.05) is 32.9 Å². The number of hydrogen-bond acceptors (Lipinski definition) is 5. The molecule has 8 nitrogen and oxygen atoms in total. The molecule has 0 saturated heterocycles. The SMILES string of the molecule is Cc1ccc(N(CCCC(=O)Nc2ccc(S(=O)(=O)Nc3ccc(C)c(Cl)c3)cc2)S(C)(=O)=O)cc1C. The maximum atomic E-state index is 12.7. The van der Waals surface area contributed by atoms with E-state index < -0.39 is 20.0 Å². The Kier molecular flexibility index (Phi) is 8.88. The first-order chi connectivity index (χ1) is 17.3. The van der Waals surface area contributed by atoms with Crippen molar-refractivity contribution in [2.24, 2.45) is 0 Å². The van der Waals surface area contributed by atoms with Crippen LogP contribution in [0.2, 0.25) is 5.02 Å². The van der Waals surface area contributed by atoms with E-state index in [9.17, 15) is 21.6 Å². The van der Waals surface area contributed by atoms with Gasteiger partial charge in [0.25, 0.3) is 10.0 Å². The molecular weight excluding hydrogens is 534 g/mol. The Morgan fingerprint density at radius 1 is 0.838 bits per heavy atom. The molecule has 0 atom stereocenters. The van der Waals surface area contributed by atoms with Crippen molar-refractivity contribution >= 4 is 54.6 Å². The number of benzene rings is 3. The molecule has 3 rings (SSSR count). The van der Waals surface area contributed by atoms with Gasteiger partial charge in [-0.25, -0.2) is 16.8 Å². The fraction of sp³-hybridized carbons (Fsp3) is 0.269. The molecule has 0 fully saturated rings. The quantitative estimate of drug-likeness (QED) is 0.350. The van der Waals surface area contributed by atoms with Gasteiger partial charge in [-0.3, -0.25) is 13.8 Å². The van der Waals surface area contributed by atoms with Crippen LogP contribution in [0.1, 0.15) is 29.5 Å². The zero-order valence-corrected chi connectivity index (χ0v) is 23.5.